The van der Waals surface area contributed by atoms with Gasteiger partial charge < -0.3 is 19.5 Å². The molecule has 1 N–H and O–H groups in total. The SMILES string of the molecule is CN(C)C(=O)OCC1CCC2C(CC3C4CCC5C6(CCCC(O)C5(C)C)CC4(CCCC23C)C6)O1. The molecule has 36 heavy (non-hydrogen) atoms. The molecule has 7 rings (SSSR count). The summed E-state index contributed by atoms with van der Waals surface area (Å²) in [6.07, 6.45) is 16.6. The highest BCUT2D eigenvalue weighted by Gasteiger charge is 2.69. The van der Waals surface area contributed by atoms with Gasteiger partial charge in [0.1, 0.15) is 6.61 Å². The minimum absolute atomic E-state index is 0.0367. The molecule has 0 aromatic carbocycles. The van der Waals surface area contributed by atoms with Crippen LogP contribution in [0.5, 0.6) is 0 Å². The second-order valence-electron chi connectivity index (χ2n) is 15.2. The number of fused-ring (bicyclic) bond motifs is 4. The summed E-state index contributed by atoms with van der Waals surface area (Å²) < 4.78 is 12.2. The molecular weight excluding hydrogens is 450 g/mol. The third-order valence-electron chi connectivity index (χ3n) is 13.0. The van der Waals surface area contributed by atoms with Crippen LogP contribution in [0.15, 0.2) is 0 Å². The maximum absolute atomic E-state index is 12.0. The molecule has 8 atom stereocenters. The lowest BCUT2D eigenvalue weighted by molar-refractivity contribution is -0.146. The van der Waals surface area contributed by atoms with Crippen molar-refractivity contribution >= 4 is 6.09 Å². The van der Waals surface area contributed by atoms with Crippen LogP contribution in [0.25, 0.3) is 0 Å². The van der Waals surface area contributed by atoms with Gasteiger partial charge >= 0.3 is 6.09 Å². The van der Waals surface area contributed by atoms with Crippen molar-refractivity contribution in [2.24, 2.45) is 45.3 Å². The molecule has 7 fully saturated rings. The van der Waals surface area contributed by atoms with Gasteiger partial charge in [-0.15, -0.1) is 0 Å². The van der Waals surface area contributed by atoms with Gasteiger partial charge in [-0.1, -0.05) is 33.6 Å². The summed E-state index contributed by atoms with van der Waals surface area (Å²) in [5.74, 6) is 2.89. The second-order valence-corrected chi connectivity index (χ2v) is 15.2. The van der Waals surface area contributed by atoms with E-state index >= 15 is 0 Å². The van der Waals surface area contributed by atoms with Gasteiger partial charge in [-0.2, -0.15) is 0 Å². The highest BCUT2D eigenvalue weighted by atomic mass is 16.6. The minimum Gasteiger partial charge on any atom is -0.447 e. The average Bonchev–Trinajstić information content (AvgIpc) is 2.93. The first-order valence-electron chi connectivity index (χ1n) is 15.2. The number of aliphatic hydroxyl groups excluding tert-OH is 1. The summed E-state index contributed by atoms with van der Waals surface area (Å²) in [7, 11) is 3.47. The van der Waals surface area contributed by atoms with E-state index in [-0.39, 0.29) is 23.7 Å². The van der Waals surface area contributed by atoms with Crippen LogP contribution in [-0.4, -0.2) is 55.1 Å². The highest BCUT2D eigenvalue weighted by Crippen LogP contribution is 2.77. The summed E-state index contributed by atoms with van der Waals surface area (Å²) in [4.78, 5) is 13.5. The number of hydrogen-bond acceptors (Lipinski definition) is 4. The zero-order chi connectivity index (χ0) is 25.5. The molecule has 1 amide bonds. The van der Waals surface area contributed by atoms with Gasteiger partial charge in [0.25, 0.3) is 0 Å². The Bertz CT molecular complexity index is 863. The summed E-state index contributed by atoms with van der Waals surface area (Å²) in [5, 5.41) is 11.1. The van der Waals surface area contributed by atoms with Crippen molar-refractivity contribution in [1.29, 1.82) is 0 Å². The molecule has 8 unspecified atom stereocenters. The minimum atomic E-state index is -0.270. The number of ether oxygens (including phenoxy) is 2. The van der Waals surface area contributed by atoms with E-state index in [1.54, 1.807) is 14.1 Å². The molecule has 0 aromatic heterocycles. The number of rotatable bonds is 2. The van der Waals surface area contributed by atoms with Gasteiger partial charge in [0.05, 0.1) is 18.3 Å². The molecule has 6 aliphatic carbocycles. The van der Waals surface area contributed by atoms with E-state index in [2.05, 4.69) is 20.8 Å². The molecule has 1 heterocycles. The maximum atomic E-state index is 12.0. The third kappa shape index (κ3) is 3.64. The van der Waals surface area contributed by atoms with Crippen LogP contribution < -0.4 is 0 Å². The fourth-order valence-electron chi connectivity index (χ4n) is 11.5. The van der Waals surface area contributed by atoms with Gasteiger partial charge in [-0.05, 0) is 116 Å². The number of nitrogens with zero attached hydrogens (tertiary/aromatic N) is 1. The van der Waals surface area contributed by atoms with Gasteiger partial charge in [0.15, 0.2) is 0 Å². The molecule has 5 heteroatoms. The first kappa shape index (κ1) is 25.5. The van der Waals surface area contributed by atoms with Crippen molar-refractivity contribution in [2.45, 2.75) is 123 Å². The second kappa shape index (κ2) is 8.60. The van der Waals surface area contributed by atoms with Gasteiger partial charge in [-0.25, -0.2) is 4.79 Å². The number of aliphatic hydroxyl groups is 1. The highest BCUT2D eigenvalue weighted by molar-refractivity contribution is 5.66. The van der Waals surface area contributed by atoms with E-state index in [0.717, 1.165) is 24.7 Å². The van der Waals surface area contributed by atoms with E-state index in [9.17, 15) is 9.90 Å². The predicted octanol–water partition coefficient (Wildman–Crippen LogP) is 6.42. The Morgan fingerprint density at radius 3 is 2.39 bits per heavy atom. The zero-order valence-electron chi connectivity index (χ0n) is 23.6. The Morgan fingerprint density at radius 2 is 1.64 bits per heavy atom. The number of amides is 1. The molecule has 7 aliphatic rings. The molecule has 2 bridgehead atoms. The normalized spacial score (nSPS) is 51.1. The van der Waals surface area contributed by atoms with Crippen molar-refractivity contribution in [3.05, 3.63) is 0 Å². The Morgan fingerprint density at radius 1 is 0.917 bits per heavy atom. The fraction of sp³-hybridized carbons (Fsp3) is 0.968. The number of hydrogen-bond donors (Lipinski definition) is 1. The first-order valence-corrected chi connectivity index (χ1v) is 15.2. The van der Waals surface area contributed by atoms with Crippen LogP contribution in [0.4, 0.5) is 4.79 Å². The fourth-order valence-corrected chi connectivity index (χ4v) is 11.5. The topological polar surface area (TPSA) is 59.0 Å². The standard InChI is InChI=1S/C31H51NO4/c1-28(2)25-12-11-21-23-16-24-22(10-9-20(36-24)17-35-27(34)32(4)5)29(23,3)13-7-15-30(21)18-31(25,19-30)14-6-8-26(28)33/h20-26,33H,6-19H2,1-5H3. The van der Waals surface area contributed by atoms with Gasteiger partial charge in [0.2, 0.25) is 0 Å². The Labute approximate surface area is 219 Å². The molecule has 1 saturated heterocycles. The molecule has 6 saturated carbocycles. The van der Waals surface area contributed by atoms with Gasteiger partial charge in [-0.3, -0.25) is 0 Å². The monoisotopic (exact) mass is 501 g/mol. The van der Waals surface area contributed by atoms with E-state index in [1.807, 2.05) is 0 Å². The summed E-state index contributed by atoms with van der Waals surface area (Å²) in [6.45, 7) is 7.78. The van der Waals surface area contributed by atoms with Crippen molar-refractivity contribution in [3.8, 4) is 0 Å². The van der Waals surface area contributed by atoms with Crippen LogP contribution in [-0.2, 0) is 9.47 Å². The van der Waals surface area contributed by atoms with Crippen LogP contribution in [0.1, 0.15) is 104 Å². The average molecular weight is 502 g/mol. The van der Waals surface area contributed by atoms with Gasteiger partial charge in [0, 0.05) is 14.1 Å². The molecule has 0 aromatic rings. The Balaban J connectivity index is 1.22. The first-order chi connectivity index (χ1) is 17.0. The molecule has 0 radical (unpaired) electrons. The van der Waals surface area contributed by atoms with E-state index < -0.39 is 0 Å². The van der Waals surface area contributed by atoms with Crippen LogP contribution in [0.3, 0.4) is 0 Å². The smallest absolute Gasteiger partial charge is 0.409 e. The zero-order valence-corrected chi connectivity index (χ0v) is 23.6. The summed E-state index contributed by atoms with van der Waals surface area (Å²) in [5.41, 5.74) is 1.44. The quantitative estimate of drug-likeness (QED) is 0.474. The van der Waals surface area contributed by atoms with Crippen molar-refractivity contribution < 1.29 is 19.4 Å². The van der Waals surface area contributed by atoms with E-state index in [0.29, 0.717) is 40.8 Å². The largest absolute Gasteiger partial charge is 0.447 e. The van der Waals surface area contributed by atoms with Crippen LogP contribution in [0, 0.1) is 45.3 Å². The predicted molar refractivity (Wildman–Crippen MR) is 140 cm³/mol. The Hall–Kier alpha value is -0.810. The Kier molecular flexibility index (Phi) is 6.08. The molecule has 2 spiro atoms. The van der Waals surface area contributed by atoms with E-state index in [4.69, 9.17) is 9.47 Å². The molecule has 1 aliphatic heterocycles. The third-order valence-corrected chi connectivity index (χ3v) is 13.0. The molecular formula is C31H51NO4. The van der Waals surface area contributed by atoms with Crippen LogP contribution in [0.2, 0.25) is 0 Å². The lowest BCUT2D eigenvalue weighted by Crippen LogP contribution is -2.55. The summed E-state index contributed by atoms with van der Waals surface area (Å²) >= 11 is 0. The lowest BCUT2D eigenvalue weighted by atomic mass is 9.42. The van der Waals surface area contributed by atoms with Crippen molar-refractivity contribution in [2.75, 3.05) is 20.7 Å². The number of carbonyl (C=O) groups is 1. The summed E-state index contributed by atoms with van der Waals surface area (Å²) in [6, 6.07) is 0. The van der Waals surface area contributed by atoms with E-state index in [1.165, 1.54) is 75.5 Å². The molecule has 5 nitrogen and oxygen atoms in total. The maximum Gasteiger partial charge on any atom is 0.409 e. The number of carbonyl (C=O) groups excluding carboxylic acids is 1. The van der Waals surface area contributed by atoms with Crippen molar-refractivity contribution in [3.63, 3.8) is 0 Å². The van der Waals surface area contributed by atoms with Crippen LogP contribution >= 0.6 is 0 Å². The lowest BCUT2D eigenvalue weighted by Gasteiger charge is -2.63. The van der Waals surface area contributed by atoms with Crippen molar-refractivity contribution in [1.82, 2.24) is 4.90 Å². The molecule has 204 valence electrons.